The van der Waals surface area contributed by atoms with Gasteiger partial charge in [-0.3, -0.25) is 14.9 Å². The van der Waals surface area contributed by atoms with E-state index in [0.717, 1.165) is 17.5 Å². The molecule has 2 heterocycles. The Bertz CT molecular complexity index is 1120. The summed E-state index contributed by atoms with van der Waals surface area (Å²) in [7, 11) is 0. The molecule has 1 aliphatic rings. The Morgan fingerprint density at radius 1 is 1.10 bits per heavy atom. The largest absolute Gasteiger partial charge is 0.369 e. The number of hydrogen-bond acceptors (Lipinski definition) is 5. The summed E-state index contributed by atoms with van der Waals surface area (Å²) >= 11 is 0. The van der Waals surface area contributed by atoms with E-state index in [1.807, 2.05) is 19.1 Å². The Hall–Kier alpha value is -3.55. The number of carbonyl (C=O) groups is 1. The molecule has 3 aromatic rings. The van der Waals surface area contributed by atoms with Crippen LogP contribution in [0.15, 0.2) is 48.5 Å². The second-order valence-electron chi connectivity index (χ2n) is 7.35. The number of fused-ring (bicyclic) bond motifs is 1. The topological polar surface area (TPSA) is 79.6 Å². The molecule has 0 saturated carbocycles. The third kappa shape index (κ3) is 3.80. The third-order valence-corrected chi connectivity index (χ3v) is 5.34. The van der Waals surface area contributed by atoms with E-state index in [1.54, 1.807) is 11.0 Å². The van der Waals surface area contributed by atoms with E-state index in [-0.39, 0.29) is 17.4 Å². The number of aromatic nitrogens is 1. The maximum atomic E-state index is 13.2. The smallest absolute Gasteiger partial charge is 0.295 e. The van der Waals surface area contributed by atoms with Crippen LogP contribution in [0.3, 0.4) is 0 Å². The van der Waals surface area contributed by atoms with Crippen LogP contribution < -0.4 is 4.90 Å². The average molecular weight is 408 g/mol. The highest BCUT2D eigenvalue weighted by Gasteiger charge is 2.23. The Kier molecular flexibility index (Phi) is 5.31. The van der Waals surface area contributed by atoms with Crippen molar-refractivity contribution >= 4 is 28.2 Å². The fourth-order valence-corrected chi connectivity index (χ4v) is 3.89. The van der Waals surface area contributed by atoms with Crippen LogP contribution in [0.4, 0.5) is 15.8 Å². The number of nitrogens with zero attached hydrogens (tertiary/aromatic N) is 4. The molecule has 8 heteroatoms. The quantitative estimate of drug-likeness (QED) is 0.484. The van der Waals surface area contributed by atoms with Crippen molar-refractivity contribution in [3.8, 4) is 0 Å². The second kappa shape index (κ2) is 8.06. The first-order chi connectivity index (χ1) is 14.4. The van der Waals surface area contributed by atoms with Crippen molar-refractivity contribution in [2.75, 3.05) is 31.1 Å². The van der Waals surface area contributed by atoms with E-state index in [2.05, 4.69) is 9.88 Å². The van der Waals surface area contributed by atoms with E-state index in [9.17, 15) is 19.3 Å². The molecule has 7 nitrogen and oxygen atoms in total. The third-order valence-electron chi connectivity index (χ3n) is 5.34. The molecule has 4 rings (SSSR count). The van der Waals surface area contributed by atoms with Gasteiger partial charge in [0.1, 0.15) is 5.82 Å². The minimum absolute atomic E-state index is 0.0135. The Balaban J connectivity index is 1.61. The lowest BCUT2D eigenvalue weighted by atomic mass is 10.1. The van der Waals surface area contributed by atoms with Gasteiger partial charge in [-0.05, 0) is 43.7 Å². The van der Waals surface area contributed by atoms with Crippen LogP contribution in [0.5, 0.6) is 0 Å². The van der Waals surface area contributed by atoms with Crippen molar-refractivity contribution < 1.29 is 14.1 Å². The van der Waals surface area contributed by atoms with Crippen LogP contribution in [-0.4, -0.2) is 46.9 Å². The summed E-state index contributed by atoms with van der Waals surface area (Å²) in [5.41, 5.74) is 2.42. The summed E-state index contributed by atoms with van der Waals surface area (Å²) in [5, 5.41) is 12.2. The van der Waals surface area contributed by atoms with Gasteiger partial charge in [0.15, 0.2) is 5.52 Å². The number of benzene rings is 2. The van der Waals surface area contributed by atoms with Crippen LogP contribution >= 0.6 is 0 Å². The second-order valence-corrected chi connectivity index (χ2v) is 7.35. The highest BCUT2D eigenvalue weighted by atomic mass is 19.1. The van der Waals surface area contributed by atoms with Gasteiger partial charge >= 0.3 is 0 Å². The molecule has 0 bridgehead atoms. The van der Waals surface area contributed by atoms with E-state index in [0.29, 0.717) is 43.0 Å². The Labute approximate surface area is 172 Å². The zero-order valence-electron chi connectivity index (χ0n) is 16.5. The standard InChI is InChI=1S/C22H21FN4O3/c1-15-14-20(18-4-2-5-19(27(29)30)21(18)24-15)25-10-3-11-26(13-12-25)22(28)16-6-8-17(23)9-7-16/h2,4-9,14H,3,10-13H2,1H3. The summed E-state index contributed by atoms with van der Waals surface area (Å²) in [5.74, 6) is -0.495. The van der Waals surface area contributed by atoms with Crippen LogP contribution in [0.25, 0.3) is 10.9 Å². The van der Waals surface area contributed by atoms with Crippen LogP contribution in [0, 0.1) is 22.9 Å². The van der Waals surface area contributed by atoms with Gasteiger partial charge in [-0.15, -0.1) is 0 Å². The summed E-state index contributed by atoms with van der Waals surface area (Å²) in [6, 6.07) is 12.5. The molecule has 0 spiro atoms. The first kappa shape index (κ1) is 19.8. The molecule has 0 N–H and O–H groups in total. The molecule has 0 aliphatic carbocycles. The van der Waals surface area contributed by atoms with Crippen LogP contribution in [0.1, 0.15) is 22.5 Å². The van der Waals surface area contributed by atoms with Crippen LogP contribution in [0.2, 0.25) is 0 Å². The van der Waals surface area contributed by atoms with Gasteiger partial charge in [-0.1, -0.05) is 12.1 Å². The number of nitro groups is 1. The molecule has 1 aliphatic heterocycles. The number of halogens is 1. The lowest BCUT2D eigenvalue weighted by Crippen LogP contribution is -2.35. The summed E-state index contributed by atoms with van der Waals surface area (Å²) in [6.45, 7) is 4.23. The van der Waals surface area contributed by atoms with E-state index in [4.69, 9.17) is 0 Å². The number of aryl methyl sites for hydroxylation is 1. The maximum absolute atomic E-state index is 13.2. The molecule has 1 saturated heterocycles. The molecular formula is C22H21FN4O3. The summed E-state index contributed by atoms with van der Waals surface area (Å²) in [4.78, 5) is 32.1. The minimum Gasteiger partial charge on any atom is -0.369 e. The number of pyridine rings is 1. The fraction of sp³-hybridized carbons (Fsp3) is 0.273. The summed E-state index contributed by atoms with van der Waals surface area (Å²) < 4.78 is 13.2. The average Bonchev–Trinajstić information content (AvgIpc) is 2.99. The zero-order chi connectivity index (χ0) is 21.3. The molecule has 0 unspecified atom stereocenters. The first-order valence-electron chi connectivity index (χ1n) is 9.78. The molecule has 30 heavy (non-hydrogen) atoms. The number of anilines is 1. The zero-order valence-corrected chi connectivity index (χ0v) is 16.5. The van der Waals surface area contributed by atoms with Gasteiger partial charge < -0.3 is 9.80 Å². The molecule has 154 valence electrons. The molecule has 1 amide bonds. The highest BCUT2D eigenvalue weighted by molar-refractivity contribution is 5.97. The van der Waals surface area contributed by atoms with Crippen molar-refractivity contribution in [2.24, 2.45) is 0 Å². The van der Waals surface area contributed by atoms with Crippen LogP contribution in [-0.2, 0) is 0 Å². The predicted molar refractivity (Wildman–Crippen MR) is 112 cm³/mol. The number of non-ortho nitro benzene ring substituents is 1. The monoisotopic (exact) mass is 408 g/mol. The maximum Gasteiger partial charge on any atom is 0.295 e. The molecule has 1 fully saturated rings. The van der Waals surface area contributed by atoms with E-state index >= 15 is 0 Å². The summed E-state index contributed by atoms with van der Waals surface area (Å²) in [6.07, 6.45) is 0.755. The van der Waals surface area contributed by atoms with Crippen molar-refractivity contribution in [1.29, 1.82) is 0 Å². The fourth-order valence-electron chi connectivity index (χ4n) is 3.89. The number of hydrogen-bond donors (Lipinski definition) is 0. The number of para-hydroxylation sites is 1. The van der Waals surface area contributed by atoms with E-state index < -0.39 is 4.92 Å². The van der Waals surface area contributed by atoms with Gasteiger partial charge in [-0.25, -0.2) is 9.37 Å². The molecule has 2 aromatic carbocycles. The lowest BCUT2D eigenvalue weighted by Gasteiger charge is -2.25. The number of carbonyl (C=O) groups excluding carboxylic acids is 1. The number of amides is 1. The van der Waals surface area contributed by atoms with Gasteiger partial charge in [0.05, 0.1) is 4.92 Å². The van der Waals surface area contributed by atoms with Gasteiger partial charge in [0, 0.05) is 54.6 Å². The SMILES string of the molecule is Cc1cc(N2CCCN(C(=O)c3ccc(F)cc3)CC2)c2cccc([N+](=O)[O-])c2n1. The van der Waals surface area contributed by atoms with Crippen molar-refractivity contribution in [2.45, 2.75) is 13.3 Å². The molecule has 1 aromatic heterocycles. The predicted octanol–water partition coefficient (Wildman–Crippen LogP) is 3.94. The van der Waals surface area contributed by atoms with Crippen molar-refractivity contribution in [3.05, 3.63) is 75.7 Å². The molecular weight excluding hydrogens is 387 g/mol. The van der Waals surface area contributed by atoms with E-state index in [1.165, 1.54) is 30.3 Å². The van der Waals surface area contributed by atoms with Gasteiger partial charge in [0.2, 0.25) is 0 Å². The lowest BCUT2D eigenvalue weighted by molar-refractivity contribution is -0.383. The highest BCUT2D eigenvalue weighted by Crippen LogP contribution is 2.32. The number of rotatable bonds is 3. The van der Waals surface area contributed by atoms with Gasteiger partial charge in [0.25, 0.3) is 11.6 Å². The molecule has 0 atom stereocenters. The normalized spacial score (nSPS) is 14.6. The Morgan fingerprint density at radius 2 is 1.87 bits per heavy atom. The first-order valence-corrected chi connectivity index (χ1v) is 9.78. The number of nitro benzene ring substituents is 1. The Morgan fingerprint density at radius 3 is 2.60 bits per heavy atom. The van der Waals surface area contributed by atoms with Crippen molar-refractivity contribution in [3.63, 3.8) is 0 Å². The van der Waals surface area contributed by atoms with Gasteiger partial charge in [-0.2, -0.15) is 0 Å². The molecule has 0 radical (unpaired) electrons. The van der Waals surface area contributed by atoms with Crippen molar-refractivity contribution in [1.82, 2.24) is 9.88 Å². The minimum atomic E-state index is -0.413.